The van der Waals surface area contributed by atoms with Crippen LogP contribution in [0.1, 0.15) is 17.2 Å². The fourth-order valence-electron chi connectivity index (χ4n) is 2.99. The monoisotopic (exact) mass is 387 g/mol. The highest BCUT2D eigenvalue weighted by molar-refractivity contribution is 5.54. The SMILES string of the molecule is FC(F)(F)c1ccc(C2CN(c3nccc(-c4cnccn4)n3)CCO2)cc1. The van der Waals surface area contributed by atoms with Crippen molar-refractivity contribution < 1.29 is 17.9 Å². The number of halogens is 3. The van der Waals surface area contributed by atoms with Gasteiger partial charge in [0, 0.05) is 25.1 Å². The van der Waals surface area contributed by atoms with Crippen molar-refractivity contribution in [1.82, 2.24) is 19.9 Å². The molecular formula is C19H16F3N5O. The molecule has 144 valence electrons. The van der Waals surface area contributed by atoms with Gasteiger partial charge < -0.3 is 9.64 Å². The summed E-state index contributed by atoms with van der Waals surface area (Å²) in [5.41, 5.74) is 1.29. The molecule has 0 amide bonds. The van der Waals surface area contributed by atoms with E-state index in [1.165, 1.54) is 12.1 Å². The van der Waals surface area contributed by atoms with Crippen molar-refractivity contribution in [3.63, 3.8) is 0 Å². The van der Waals surface area contributed by atoms with Crippen molar-refractivity contribution in [3.05, 3.63) is 66.2 Å². The Morgan fingerprint density at radius 2 is 1.79 bits per heavy atom. The van der Waals surface area contributed by atoms with Crippen molar-refractivity contribution in [1.29, 1.82) is 0 Å². The van der Waals surface area contributed by atoms with Gasteiger partial charge in [0.25, 0.3) is 0 Å². The summed E-state index contributed by atoms with van der Waals surface area (Å²) >= 11 is 0. The minimum Gasteiger partial charge on any atom is -0.370 e. The van der Waals surface area contributed by atoms with E-state index in [9.17, 15) is 13.2 Å². The number of alkyl halides is 3. The predicted octanol–water partition coefficient (Wildman–Crippen LogP) is 3.53. The maximum Gasteiger partial charge on any atom is 0.416 e. The van der Waals surface area contributed by atoms with E-state index in [-0.39, 0.29) is 6.10 Å². The fourth-order valence-corrected chi connectivity index (χ4v) is 2.99. The number of hydrogen-bond donors (Lipinski definition) is 0. The van der Waals surface area contributed by atoms with Crippen molar-refractivity contribution in [2.45, 2.75) is 12.3 Å². The summed E-state index contributed by atoms with van der Waals surface area (Å²) in [4.78, 5) is 19.1. The molecule has 4 rings (SSSR count). The number of aromatic nitrogens is 4. The van der Waals surface area contributed by atoms with Gasteiger partial charge in [-0.15, -0.1) is 0 Å². The highest BCUT2D eigenvalue weighted by atomic mass is 19.4. The molecule has 1 aliphatic rings. The molecule has 28 heavy (non-hydrogen) atoms. The first-order valence-electron chi connectivity index (χ1n) is 8.64. The molecule has 6 nitrogen and oxygen atoms in total. The van der Waals surface area contributed by atoms with Crippen molar-refractivity contribution in [2.24, 2.45) is 0 Å². The van der Waals surface area contributed by atoms with E-state index >= 15 is 0 Å². The quantitative estimate of drug-likeness (QED) is 0.685. The summed E-state index contributed by atoms with van der Waals surface area (Å²) in [5.74, 6) is 0.517. The van der Waals surface area contributed by atoms with E-state index < -0.39 is 11.7 Å². The highest BCUT2D eigenvalue weighted by Gasteiger charge is 2.31. The minimum absolute atomic E-state index is 0.361. The third-order valence-electron chi connectivity index (χ3n) is 4.43. The maximum atomic E-state index is 12.8. The van der Waals surface area contributed by atoms with Crippen LogP contribution >= 0.6 is 0 Å². The molecule has 1 saturated heterocycles. The Balaban J connectivity index is 1.53. The molecule has 1 aromatic carbocycles. The Labute approximate surface area is 159 Å². The summed E-state index contributed by atoms with van der Waals surface area (Å²) in [6.07, 6.45) is 1.73. The van der Waals surface area contributed by atoms with Crippen LogP contribution in [-0.4, -0.2) is 39.6 Å². The summed E-state index contributed by atoms with van der Waals surface area (Å²) in [6, 6.07) is 6.80. The molecule has 0 spiro atoms. The van der Waals surface area contributed by atoms with Crippen molar-refractivity contribution in [2.75, 3.05) is 24.6 Å². The second-order valence-electron chi connectivity index (χ2n) is 6.26. The predicted molar refractivity (Wildman–Crippen MR) is 95.4 cm³/mol. The molecule has 1 unspecified atom stereocenters. The van der Waals surface area contributed by atoms with Gasteiger partial charge in [-0.05, 0) is 23.8 Å². The molecule has 1 aliphatic heterocycles. The number of nitrogens with zero attached hydrogens (tertiary/aromatic N) is 5. The van der Waals surface area contributed by atoms with E-state index in [0.29, 0.717) is 42.6 Å². The van der Waals surface area contributed by atoms with Crippen LogP contribution in [0.25, 0.3) is 11.4 Å². The van der Waals surface area contributed by atoms with Gasteiger partial charge in [-0.25, -0.2) is 9.97 Å². The van der Waals surface area contributed by atoms with E-state index in [0.717, 1.165) is 12.1 Å². The zero-order valence-corrected chi connectivity index (χ0v) is 14.7. The average molecular weight is 387 g/mol. The van der Waals surface area contributed by atoms with Crippen LogP contribution in [0.4, 0.5) is 19.1 Å². The molecule has 3 heterocycles. The Kier molecular flexibility index (Phi) is 4.91. The van der Waals surface area contributed by atoms with Gasteiger partial charge in [0.15, 0.2) is 0 Å². The first kappa shape index (κ1) is 18.3. The molecule has 0 N–H and O–H groups in total. The molecule has 0 bridgehead atoms. The van der Waals surface area contributed by atoms with Gasteiger partial charge in [0.1, 0.15) is 11.8 Å². The summed E-state index contributed by atoms with van der Waals surface area (Å²) in [7, 11) is 0. The Morgan fingerprint density at radius 3 is 2.50 bits per heavy atom. The Hall–Kier alpha value is -3.07. The summed E-state index contributed by atoms with van der Waals surface area (Å²) in [6.45, 7) is 1.45. The van der Waals surface area contributed by atoms with Gasteiger partial charge in [0.05, 0.1) is 30.6 Å². The highest BCUT2D eigenvalue weighted by Crippen LogP contribution is 2.31. The van der Waals surface area contributed by atoms with Crippen LogP contribution in [0.5, 0.6) is 0 Å². The molecule has 2 aromatic heterocycles. The molecule has 0 saturated carbocycles. The molecule has 9 heteroatoms. The van der Waals surface area contributed by atoms with E-state index in [1.807, 2.05) is 4.90 Å². The zero-order chi connectivity index (χ0) is 19.6. The van der Waals surface area contributed by atoms with Crippen LogP contribution in [0.3, 0.4) is 0 Å². The van der Waals surface area contributed by atoms with Gasteiger partial charge >= 0.3 is 6.18 Å². The fraction of sp³-hybridized carbons (Fsp3) is 0.263. The zero-order valence-electron chi connectivity index (χ0n) is 14.7. The number of benzene rings is 1. The smallest absolute Gasteiger partial charge is 0.370 e. The van der Waals surface area contributed by atoms with Crippen LogP contribution < -0.4 is 4.90 Å². The summed E-state index contributed by atoms with van der Waals surface area (Å²) < 4.78 is 44.0. The second kappa shape index (κ2) is 7.51. The lowest BCUT2D eigenvalue weighted by atomic mass is 10.1. The van der Waals surface area contributed by atoms with E-state index in [4.69, 9.17) is 4.74 Å². The molecule has 0 aliphatic carbocycles. The molecular weight excluding hydrogens is 371 g/mol. The molecule has 0 radical (unpaired) electrons. The lowest BCUT2D eigenvalue weighted by molar-refractivity contribution is -0.137. The number of rotatable bonds is 3. The summed E-state index contributed by atoms with van der Waals surface area (Å²) in [5, 5.41) is 0. The largest absolute Gasteiger partial charge is 0.416 e. The van der Waals surface area contributed by atoms with Crippen LogP contribution in [-0.2, 0) is 10.9 Å². The minimum atomic E-state index is -4.35. The molecule has 3 aromatic rings. The lowest BCUT2D eigenvalue weighted by Gasteiger charge is -2.33. The molecule has 1 atom stereocenters. The third kappa shape index (κ3) is 3.94. The second-order valence-corrected chi connectivity index (χ2v) is 6.26. The number of ether oxygens (including phenoxy) is 1. The number of hydrogen-bond acceptors (Lipinski definition) is 6. The van der Waals surface area contributed by atoms with Gasteiger partial charge in [-0.1, -0.05) is 12.1 Å². The number of anilines is 1. The normalized spacial score (nSPS) is 17.5. The topological polar surface area (TPSA) is 64.0 Å². The van der Waals surface area contributed by atoms with Crippen LogP contribution in [0, 0.1) is 0 Å². The Morgan fingerprint density at radius 1 is 0.964 bits per heavy atom. The van der Waals surface area contributed by atoms with Crippen molar-refractivity contribution >= 4 is 5.95 Å². The Bertz CT molecular complexity index is 934. The van der Waals surface area contributed by atoms with Crippen molar-refractivity contribution in [3.8, 4) is 11.4 Å². The van der Waals surface area contributed by atoms with Crippen LogP contribution in [0.15, 0.2) is 55.1 Å². The first-order valence-corrected chi connectivity index (χ1v) is 8.64. The van der Waals surface area contributed by atoms with E-state index in [1.54, 1.807) is 30.9 Å². The first-order chi connectivity index (χ1) is 13.5. The van der Waals surface area contributed by atoms with Crippen LogP contribution in [0.2, 0.25) is 0 Å². The van der Waals surface area contributed by atoms with Gasteiger partial charge in [0.2, 0.25) is 5.95 Å². The lowest BCUT2D eigenvalue weighted by Crippen LogP contribution is -2.39. The van der Waals surface area contributed by atoms with E-state index in [2.05, 4.69) is 19.9 Å². The maximum absolute atomic E-state index is 12.8. The average Bonchev–Trinajstić information content (AvgIpc) is 2.74. The number of morpholine rings is 1. The standard InChI is InChI=1S/C19H16F3N5O/c20-19(21,22)14-3-1-13(2-4-14)17-12-27(9-10-28-17)18-25-6-5-15(26-18)16-11-23-7-8-24-16/h1-8,11,17H,9-10,12H2. The molecule has 1 fully saturated rings. The third-order valence-corrected chi connectivity index (χ3v) is 4.43. The van der Waals surface area contributed by atoms with Gasteiger partial charge in [-0.3, -0.25) is 9.97 Å². The van der Waals surface area contributed by atoms with Gasteiger partial charge in [-0.2, -0.15) is 13.2 Å².